The molecule has 23 heavy (non-hydrogen) atoms. The quantitative estimate of drug-likeness (QED) is 0.467. The van der Waals surface area contributed by atoms with Crippen LogP contribution in [0.15, 0.2) is 30.0 Å². The molecule has 0 heterocycles. The molecule has 0 aromatic heterocycles. The van der Waals surface area contributed by atoms with E-state index in [0.29, 0.717) is 18.7 Å². The molecular weight excluding hydrogens is 320 g/mol. The highest BCUT2D eigenvalue weighted by molar-refractivity contribution is 6.36. The van der Waals surface area contributed by atoms with Gasteiger partial charge in [-0.2, -0.15) is 5.26 Å². The van der Waals surface area contributed by atoms with Crippen molar-refractivity contribution in [3.8, 4) is 6.07 Å². The number of nitrogens with zero attached hydrogens (tertiary/aromatic N) is 1. The maximum Gasteiger partial charge on any atom is 0.350 e. The van der Waals surface area contributed by atoms with Gasteiger partial charge in [0.05, 0.1) is 29.5 Å². The number of rotatable bonds is 7. The summed E-state index contributed by atoms with van der Waals surface area (Å²) in [6, 6.07) is 6.48. The maximum atomic E-state index is 11.9. The molecule has 7 heteroatoms. The molecule has 1 rings (SSSR count). The normalized spacial score (nSPS) is 10.6. The first kappa shape index (κ1) is 18.5. The molecule has 0 fully saturated rings. The van der Waals surface area contributed by atoms with E-state index < -0.39 is 11.9 Å². The van der Waals surface area contributed by atoms with Gasteiger partial charge in [0.25, 0.3) is 0 Å². The Labute approximate surface area is 139 Å². The summed E-state index contributed by atoms with van der Waals surface area (Å²) >= 11 is 6.16. The van der Waals surface area contributed by atoms with Crippen molar-refractivity contribution in [3.05, 3.63) is 40.6 Å². The Kier molecular flexibility index (Phi) is 7.64. The zero-order valence-corrected chi connectivity index (χ0v) is 13.6. The predicted molar refractivity (Wildman–Crippen MR) is 86.0 cm³/mol. The Balaban J connectivity index is 2.96. The van der Waals surface area contributed by atoms with Gasteiger partial charge in [0.15, 0.2) is 5.57 Å². The first-order valence-corrected chi connectivity index (χ1v) is 7.42. The minimum atomic E-state index is -0.739. The molecule has 0 bridgehead atoms. The monoisotopic (exact) mass is 336 g/mol. The number of benzene rings is 1. The van der Waals surface area contributed by atoms with Crippen LogP contribution in [0.1, 0.15) is 30.6 Å². The van der Waals surface area contributed by atoms with E-state index in [-0.39, 0.29) is 22.8 Å². The summed E-state index contributed by atoms with van der Waals surface area (Å²) < 4.78 is 9.78. The molecule has 1 N–H and O–H groups in total. The highest BCUT2D eigenvalue weighted by Crippen LogP contribution is 2.26. The van der Waals surface area contributed by atoms with E-state index in [1.165, 1.54) is 12.3 Å². The fraction of sp³-hybridized carbons (Fsp3) is 0.312. The fourth-order valence-electron chi connectivity index (χ4n) is 1.57. The van der Waals surface area contributed by atoms with Crippen molar-refractivity contribution in [1.29, 1.82) is 5.26 Å². The van der Waals surface area contributed by atoms with Gasteiger partial charge in [-0.1, -0.05) is 24.6 Å². The molecule has 6 nitrogen and oxygen atoms in total. The summed E-state index contributed by atoms with van der Waals surface area (Å²) in [6.07, 6.45) is 1.88. The largest absolute Gasteiger partial charge is 0.462 e. The second kappa shape index (κ2) is 9.49. The molecule has 0 aliphatic carbocycles. The number of nitriles is 1. The van der Waals surface area contributed by atoms with E-state index in [1.807, 2.05) is 6.92 Å². The highest BCUT2D eigenvalue weighted by atomic mass is 35.5. The highest BCUT2D eigenvalue weighted by Gasteiger charge is 2.15. The molecule has 0 aliphatic rings. The van der Waals surface area contributed by atoms with E-state index in [2.05, 4.69) is 5.32 Å². The molecule has 0 saturated carbocycles. The van der Waals surface area contributed by atoms with Crippen molar-refractivity contribution in [2.24, 2.45) is 0 Å². The fourth-order valence-corrected chi connectivity index (χ4v) is 1.83. The number of halogens is 1. The number of carbonyl (C=O) groups is 2. The third-order valence-corrected chi connectivity index (χ3v) is 3.05. The van der Waals surface area contributed by atoms with Crippen LogP contribution in [0.5, 0.6) is 0 Å². The van der Waals surface area contributed by atoms with Gasteiger partial charge in [-0.3, -0.25) is 0 Å². The van der Waals surface area contributed by atoms with Crippen LogP contribution in [0.25, 0.3) is 0 Å². The van der Waals surface area contributed by atoms with E-state index in [1.54, 1.807) is 25.1 Å². The van der Waals surface area contributed by atoms with Gasteiger partial charge in [-0.15, -0.1) is 0 Å². The van der Waals surface area contributed by atoms with Gasteiger partial charge in [-0.25, -0.2) is 9.59 Å². The van der Waals surface area contributed by atoms with Crippen LogP contribution in [-0.2, 0) is 14.3 Å². The maximum absolute atomic E-state index is 11.9. The second-order valence-electron chi connectivity index (χ2n) is 4.34. The Morgan fingerprint density at radius 3 is 2.70 bits per heavy atom. The van der Waals surface area contributed by atoms with Gasteiger partial charge < -0.3 is 14.8 Å². The predicted octanol–water partition coefficient (Wildman–Crippen LogP) is 3.29. The topological polar surface area (TPSA) is 88.4 Å². The van der Waals surface area contributed by atoms with Crippen LogP contribution < -0.4 is 5.32 Å². The van der Waals surface area contributed by atoms with Gasteiger partial charge >= 0.3 is 11.9 Å². The molecule has 0 amide bonds. The average molecular weight is 337 g/mol. The van der Waals surface area contributed by atoms with Crippen LogP contribution >= 0.6 is 11.6 Å². The Hall–Kier alpha value is -2.52. The summed E-state index contributed by atoms with van der Waals surface area (Å²) in [6.45, 7) is 3.99. The smallest absolute Gasteiger partial charge is 0.350 e. The lowest BCUT2D eigenvalue weighted by Crippen LogP contribution is -2.09. The van der Waals surface area contributed by atoms with Crippen molar-refractivity contribution in [2.75, 3.05) is 18.5 Å². The van der Waals surface area contributed by atoms with Crippen LogP contribution in [0, 0.1) is 11.3 Å². The molecule has 1 aromatic rings. The minimum absolute atomic E-state index is 0.144. The lowest BCUT2D eigenvalue weighted by atomic mass is 10.2. The third kappa shape index (κ3) is 5.31. The SMILES string of the molecule is CCCOC(=O)c1cccc(NC=C(C#N)C(=O)OCC)c1Cl. The van der Waals surface area contributed by atoms with Crippen molar-refractivity contribution in [3.63, 3.8) is 0 Å². The molecule has 0 aliphatic heterocycles. The molecular formula is C16H17ClN2O4. The molecule has 0 saturated heterocycles. The summed E-state index contributed by atoms with van der Waals surface area (Å²) in [7, 11) is 0. The Morgan fingerprint density at radius 1 is 1.35 bits per heavy atom. The van der Waals surface area contributed by atoms with Gasteiger partial charge in [0.2, 0.25) is 0 Å². The second-order valence-corrected chi connectivity index (χ2v) is 4.72. The lowest BCUT2D eigenvalue weighted by molar-refractivity contribution is -0.138. The minimum Gasteiger partial charge on any atom is -0.462 e. The molecule has 0 spiro atoms. The summed E-state index contributed by atoms with van der Waals surface area (Å²) in [5, 5.41) is 11.8. The van der Waals surface area contributed by atoms with Crippen LogP contribution in [0.2, 0.25) is 5.02 Å². The lowest BCUT2D eigenvalue weighted by Gasteiger charge is -2.09. The number of hydrogen-bond acceptors (Lipinski definition) is 6. The Morgan fingerprint density at radius 2 is 2.09 bits per heavy atom. The average Bonchev–Trinajstić information content (AvgIpc) is 2.54. The first-order chi connectivity index (χ1) is 11.0. The number of nitrogens with one attached hydrogen (secondary N) is 1. The third-order valence-electron chi connectivity index (χ3n) is 2.64. The van der Waals surface area contributed by atoms with Crippen molar-refractivity contribution >= 4 is 29.2 Å². The van der Waals surface area contributed by atoms with Crippen LogP contribution in [-0.4, -0.2) is 25.2 Å². The molecule has 0 unspecified atom stereocenters. The van der Waals surface area contributed by atoms with Gasteiger partial charge in [-0.05, 0) is 25.5 Å². The number of esters is 2. The van der Waals surface area contributed by atoms with E-state index in [9.17, 15) is 9.59 Å². The van der Waals surface area contributed by atoms with Crippen molar-refractivity contribution < 1.29 is 19.1 Å². The number of ether oxygens (including phenoxy) is 2. The molecule has 122 valence electrons. The standard InChI is InChI=1S/C16H17ClN2O4/c1-3-8-23-16(21)12-6-5-7-13(14(12)17)19-10-11(9-18)15(20)22-4-2/h5-7,10,19H,3-4,8H2,1-2H3. The molecule has 0 radical (unpaired) electrons. The van der Waals surface area contributed by atoms with E-state index >= 15 is 0 Å². The van der Waals surface area contributed by atoms with Gasteiger partial charge in [0, 0.05) is 6.20 Å². The summed E-state index contributed by atoms with van der Waals surface area (Å²) in [5.74, 6) is -1.27. The molecule has 0 atom stereocenters. The zero-order valence-electron chi connectivity index (χ0n) is 12.9. The van der Waals surface area contributed by atoms with Crippen molar-refractivity contribution in [2.45, 2.75) is 20.3 Å². The first-order valence-electron chi connectivity index (χ1n) is 7.04. The van der Waals surface area contributed by atoms with Crippen LogP contribution in [0.4, 0.5) is 5.69 Å². The van der Waals surface area contributed by atoms with Crippen molar-refractivity contribution in [1.82, 2.24) is 0 Å². The van der Waals surface area contributed by atoms with Crippen LogP contribution in [0.3, 0.4) is 0 Å². The summed E-state index contributed by atoms with van der Waals surface area (Å²) in [4.78, 5) is 23.4. The summed E-state index contributed by atoms with van der Waals surface area (Å²) in [5.41, 5.74) is 0.365. The number of carbonyl (C=O) groups excluding carboxylic acids is 2. The van der Waals surface area contributed by atoms with Gasteiger partial charge in [0.1, 0.15) is 6.07 Å². The zero-order chi connectivity index (χ0) is 17.2. The van der Waals surface area contributed by atoms with E-state index in [4.69, 9.17) is 26.3 Å². The van der Waals surface area contributed by atoms with E-state index in [0.717, 1.165) is 0 Å². The number of anilines is 1. The Bertz CT molecular complexity index is 650. The number of hydrogen-bond donors (Lipinski definition) is 1. The molecule has 1 aromatic carbocycles.